The highest BCUT2D eigenvalue weighted by Crippen LogP contribution is 2.26. The van der Waals surface area contributed by atoms with Gasteiger partial charge in [-0.3, -0.25) is 0 Å². The van der Waals surface area contributed by atoms with Gasteiger partial charge in [0.2, 0.25) is 0 Å². The second kappa shape index (κ2) is 7.29. The van der Waals surface area contributed by atoms with Crippen LogP contribution in [0.3, 0.4) is 0 Å². The summed E-state index contributed by atoms with van der Waals surface area (Å²) >= 11 is 8.64. The molecule has 1 aromatic carbocycles. The smallest absolute Gasteiger partial charge is 0.127 e. The van der Waals surface area contributed by atoms with Crippen LogP contribution in [0, 0.1) is 3.57 Å². The quantitative estimate of drug-likeness (QED) is 0.501. The molecule has 2 rings (SSSR count). The molecule has 2 aromatic rings. The van der Waals surface area contributed by atoms with Crippen molar-refractivity contribution in [3.63, 3.8) is 0 Å². The number of aryl methyl sites for hydroxylation is 1. The van der Waals surface area contributed by atoms with E-state index in [0.29, 0.717) is 6.04 Å². The molecular formula is C16H23ClIN3. The Morgan fingerprint density at radius 1 is 1.33 bits per heavy atom. The first-order valence-electron chi connectivity index (χ1n) is 7.40. The number of imidazole rings is 1. The van der Waals surface area contributed by atoms with Crippen LogP contribution in [-0.4, -0.2) is 34.1 Å². The SMILES string of the molecule is CC(Cl)c1nc2cc(I)ccc2n1CCCN(C)C(C)C. The number of fused-ring (bicyclic) bond motifs is 1. The third-order valence-electron chi connectivity index (χ3n) is 3.87. The van der Waals surface area contributed by atoms with Crippen molar-refractivity contribution in [2.75, 3.05) is 13.6 Å². The predicted octanol–water partition coefficient (Wildman–Crippen LogP) is 4.67. The Balaban J connectivity index is 2.22. The van der Waals surface area contributed by atoms with E-state index < -0.39 is 0 Å². The zero-order valence-corrected chi connectivity index (χ0v) is 16.0. The molecule has 5 heteroatoms. The van der Waals surface area contributed by atoms with E-state index in [1.54, 1.807) is 0 Å². The molecule has 0 fully saturated rings. The van der Waals surface area contributed by atoms with E-state index >= 15 is 0 Å². The lowest BCUT2D eigenvalue weighted by Gasteiger charge is -2.21. The lowest BCUT2D eigenvalue weighted by molar-refractivity contribution is 0.265. The van der Waals surface area contributed by atoms with Crippen LogP contribution >= 0.6 is 34.2 Å². The summed E-state index contributed by atoms with van der Waals surface area (Å²) in [5.74, 6) is 0.973. The van der Waals surface area contributed by atoms with Gasteiger partial charge < -0.3 is 9.47 Å². The lowest BCUT2D eigenvalue weighted by atomic mass is 10.3. The van der Waals surface area contributed by atoms with Gasteiger partial charge in [-0.2, -0.15) is 0 Å². The van der Waals surface area contributed by atoms with Crippen molar-refractivity contribution < 1.29 is 0 Å². The Hall–Kier alpha value is -0.330. The Bertz CT molecular complexity index is 607. The van der Waals surface area contributed by atoms with Crippen LogP contribution in [0.15, 0.2) is 18.2 Å². The van der Waals surface area contributed by atoms with Crippen LogP contribution in [0.4, 0.5) is 0 Å². The van der Waals surface area contributed by atoms with Gasteiger partial charge in [-0.15, -0.1) is 11.6 Å². The van der Waals surface area contributed by atoms with Gasteiger partial charge in [0.25, 0.3) is 0 Å². The van der Waals surface area contributed by atoms with Gasteiger partial charge in [0.15, 0.2) is 0 Å². The van der Waals surface area contributed by atoms with E-state index in [1.165, 1.54) is 9.09 Å². The maximum absolute atomic E-state index is 6.32. The van der Waals surface area contributed by atoms with Gasteiger partial charge in [-0.1, -0.05) is 0 Å². The van der Waals surface area contributed by atoms with Crippen molar-refractivity contribution in [1.82, 2.24) is 14.5 Å². The van der Waals surface area contributed by atoms with Crippen LogP contribution in [-0.2, 0) is 6.54 Å². The molecule has 0 saturated carbocycles. The summed E-state index contributed by atoms with van der Waals surface area (Å²) in [7, 11) is 2.17. The molecule has 1 heterocycles. The van der Waals surface area contributed by atoms with Gasteiger partial charge in [0.05, 0.1) is 16.4 Å². The Labute approximate surface area is 145 Å². The van der Waals surface area contributed by atoms with Crippen LogP contribution < -0.4 is 0 Å². The predicted molar refractivity (Wildman–Crippen MR) is 99.1 cm³/mol. The maximum atomic E-state index is 6.32. The number of halogens is 2. The number of aromatic nitrogens is 2. The second-order valence-electron chi connectivity index (χ2n) is 5.80. The number of nitrogens with zero attached hydrogens (tertiary/aromatic N) is 3. The molecule has 3 nitrogen and oxygen atoms in total. The minimum Gasteiger partial charge on any atom is -0.327 e. The summed E-state index contributed by atoms with van der Waals surface area (Å²) in [6.07, 6.45) is 1.10. The molecule has 0 aliphatic heterocycles. The van der Waals surface area contributed by atoms with Gasteiger partial charge in [0, 0.05) is 16.2 Å². The van der Waals surface area contributed by atoms with Crippen LogP contribution in [0.5, 0.6) is 0 Å². The highest BCUT2D eigenvalue weighted by Gasteiger charge is 2.15. The molecule has 1 unspecified atom stereocenters. The molecule has 116 valence electrons. The molecule has 0 bridgehead atoms. The molecule has 1 atom stereocenters. The molecule has 1 aromatic heterocycles. The number of hydrogen-bond donors (Lipinski definition) is 0. The molecule has 0 saturated heterocycles. The average molecular weight is 420 g/mol. The van der Waals surface area contributed by atoms with Crippen LogP contribution in [0.25, 0.3) is 11.0 Å². The zero-order chi connectivity index (χ0) is 15.6. The summed E-state index contributed by atoms with van der Waals surface area (Å²) in [6, 6.07) is 6.98. The molecule has 0 N–H and O–H groups in total. The average Bonchev–Trinajstić information content (AvgIpc) is 2.76. The second-order valence-corrected chi connectivity index (χ2v) is 7.70. The maximum Gasteiger partial charge on any atom is 0.127 e. The molecule has 0 radical (unpaired) electrons. The fourth-order valence-electron chi connectivity index (χ4n) is 2.40. The van der Waals surface area contributed by atoms with Gasteiger partial charge >= 0.3 is 0 Å². The third kappa shape index (κ3) is 4.11. The minimum absolute atomic E-state index is 0.0714. The van der Waals surface area contributed by atoms with E-state index in [-0.39, 0.29) is 5.38 Å². The van der Waals surface area contributed by atoms with Crippen LogP contribution in [0.2, 0.25) is 0 Å². The first kappa shape index (κ1) is 17.0. The zero-order valence-electron chi connectivity index (χ0n) is 13.1. The van der Waals surface area contributed by atoms with Crippen molar-refractivity contribution in [2.45, 2.75) is 45.2 Å². The highest BCUT2D eigenvalue weighted by atomic mass is 127. The molecule has 0 aliphatic rings. The number of benzene rings is 1. The Morgan fingerprint density at radius 2 is 2.05 bits per heavy atom. The minimum atomic E-state index is -0.0714. The lowest BCUT2D eigenvalue weighted by Crippen LogP contribution is -2.28. The first-order chi connectivity index (χ1) is 9.90. The van der Waals surface area contributed by atoms with E-state index in [1.807, 2.05) is 6.92 Å². The molecule has 0 spiro atoms. The summed E-state index contributed by atoms with van der Waals surface area (Å²) in [5, 5.41) is -0.0714. The topological polar surface area (TPSA) is 21.1 Å². The summed E-state index contributed by atoms with van der Waals surface area (Å²) < 4.78 is 3.48. The van der Waals surface area contributed by atoms with Crippen molar-refractivity contribution in [3.05, 3.63) is 27.6 Å². The standard InChI is InChI=1S/C16H23ClIN3/c1-11(2)20(4)8-5-9-21-15-7-6-13(18)10-14(15)19-16(21)12(3)17/h6-7,10-12H,5,8-9H2,1-4H3. The fraction of sp³-hybridized carbons (Fsp3) is 0.562. The van der Waals surface area contributed by atoms with Gasteiger partial charge in [-0.05, 0) is 81.6 Å². The summed E-state index contributed by atoms with van der Waals surface area (Å²) in [5.41, 5.74) is 2.23. The van der Waals surface area contributed by atoms with Gasteiger partial charge in [0.1, 0.15) is 5.82 Å². The Kier molecular flexibility index (Phi) is 5.91. The van der Waals surface area contributed by atoms with Crippen LogP contribution in [0.1, 0.15) is 38.4 Å². The molecule has 21 heavy (non-hydrogen) atoms. The normalized spacial score (nSPS) is 13.5. The van der Waals surface area contributed by atoms with Crippen molar-refractivity contribution in [3.8, 4) is 0 Å². The largest absolute Gasteiger partial charge is 0.327 e. The van der Waals surface area contributed by atoms with E-state index in [0.717, 1.165) is 30.9 Å². The fourth-order valence-corrected chi connectivity index (χ4v) is 3.04. The number of alkyl halides is 1. The first-order valence-corrected chi connectivity index (χ1v) is 8.91. The van der Waals surface area contributed by atoms with E-state index in [2.05, 4.69) is 71.2 Å². The number of hydrogen-bond acceptors (Lipinski definition) is 2. The third-order valence-corrected chi connectivity index (χ3v) is 4.74. The van der Waals surface area contributed by atoms with Gasteiger partial charge in [-0.25, -0.2) is 4.98 Å². The highest BCUT2D eigenvalue weighted by molar-refractivity contribution is 14.1. The monoisotopic (exact) mass is 419 g/mol. The number of rotatable bonds is 6. The van der Waals surface area contributed by atoms with Crippen molar-refractivity contribution in [2.24, 2.45) is 0 Å². The Morgan fingerprint density at radius 3 is 2.67 bits per heavy atom. The summed E-state index contributed by atoms with van der Waals surface area (Å²) in [4.78, 5) is 7.09. The molecular weight excluding hydrogens is 397 g/mol. The van der Waals surface area contributed by atoms with Crippen molar-refractivity contribution >= 4 is 45.2 Å². The van der Waals surface area contributed by atoms with E-state index in [4.69, 9.17) is 16.6 Å². The molecule has 0 aliphatic carbocycles. The van der Waals surface area contributed by atoms with E-state index in [9.17, 15) is 0 Å². The summed E-state index contributed by atoms with van der Waals surface area (Å²) in [6.45, 7) is 8.48. The molecule has 0 amide bonds. The van der Waals surface area contributed by atoms with Crippen molar-refractivity contribution in [1.29, 1.82) is 0 Å².